The van der Waals surface area contributed by atoms with Crippen LogP contribution in [0.2, 0.25) is 0 Å². The van der Waals surface area contributed by atoms with Gasteiger partial charge in [-0.25, -0.2) is 0 Å². The van der Waals surface area contributed by atoms with Crippen LogP contribution in [0.25, 0.3) is 0 Å². The average Bonchev–Trinajstić information content (AvgIpc) is 2.29. The van der Waals surface area contributed by atoms with Crippen molar-refractivity contribution < 1.29 is 19.0 Å². The predicted molar refractivity (Wildman–Crippen MR) is 59.3 cm³/mol. The molecule has 0 radical (unpaired) electrons. The van der Waals surface area contributed by atoms with Gasteiger partial charge in [-0.1, -0.05) is 0 Å². The van der Waals surface area contributed by atoms with E-state index < -0.39 is 0 Å². The first-order valence-corrected chi connectivity index (χ1v) is 5.62. The van der Waals surface area contributed by atoms with Crippen LogP contribution in [0.4, 0.5) is 0 Å². The molecule has 0 amide bonds. The first kappa shape index (κ1) is 13.4. The number of carbonyl (C=O) groups is 1. The zero-order chi connectivity index (χ0) is 12.0. The molecule has 0 bridgehead atoms. The number of ether oxygens (including phenoxy) is 3. The van der Waals surface area contributed by atoms with Crippen LogP contribution < -0.4 is 0 Å². The molecular formula is C11H21NO4. The molecule has 1 saturated heterocycles. The van der Waals surface area contributed by atoms with E-state index in [2.05, 4.69) is 0 Å². The van der Waals surface area contributed by atoms with E-state index in [4.69, 9.17) is 14.2 Å². The summed E-state index contributed by atoms with van der Waals surface area (Å²) in [6.07, 6.45) is 0.840. The Morgan fingerprint density at radius 3 is 3.00 bits per heavy atom. The Labute approximate surface area is 96.6 Å². The Morgan fingerprint density at radius 2 is 2.38 bits per heavy atom. The highest BCUT2D eigenvalue weighted by molar-refractivity contribution is 5.76. The minimum Gasteiger partial charge on any atom is -0.464 e. The van der Waals surface area contributed by atoms with Crippen molar-refractivity contribution in [3.63, 3.8) is 0 Å². The van der Waals surface area contributed by atoms with E-state index in [0.29, 0.717) is 19.8 Å². The number of hydrogen-bond donors (Lipinski definition) is 0. The van der Waals surface area contributed by atoms with Gasteiger partial charge in [-0.15, -0.1) is 0 Å². The standard InChI is InChI=1S/C11H21NO4/c1-9(14-3)4-6-16-11(13)10-8-15-7-5-12(10)2/h9-10H,4-8H2,1-3H3/t9-,10-/m0/s1. The molecule has 0 N–H and O–H groups in total. The second kappa shape index (κ2) is 6.83. The van der Waals surface area contributed by atoms with Gasteiger partial charge in [0.05, 0.1) is 25.9 Å². The topological polar surface area (TPSA) is 48.0 Å². The largest absolute Gasteiger partial charge is 0.464 e. The summed E-state index contributed by atoms with van der Waals surface area (Å²) in [5.41, 5.74) is 0. The maximum absolute atomic E-state index is 11.7. The van der Waals surface area contributed by atoms with E-state index in [1.807, 2.05) is 18.9 Å². The second-order valence-corrected chi connectivity index (χ2v) is 4.07. The van der Waals surface area contributed by atoms with Gasteiger partial charge in [-0.3, -0.25) is 9.69 Å². The zero-order valence-corrected chi connectivity index (χ0v) is 10.3. The van der Waals surface area contributed by atoms with Gasteiger partial charge >= 0.3 is 5.97 Å². The van der Waals surface area contributed by atoms with Crippen molar-refractivity contribution in [3.05, 3.63) is 0 Å². The molecule has 5 heteroatoms. The number of rotatable bonds is 5. The minimum atomic E-state index is -0.258. The van der Waals surface area contributed by atoms with Crippen LogP contribution in [0.5, 0.6) is 0 Å². The number of hydrogen-bond acceptors (Lipinski definition) is 5. The van der Waals surface area contributed by atoms with Gasteiger partial charge in [0.25, 0.3) is 0 Å². The lowest BCUT2D eigenvalue weighted by atomic mass is 10.2. The first-order valence-electron chi connectivity index (χ1n) is 5.62. The van der Waals surface area contributed by atoms with E-state index in [1.165, 1.54) is 0 Å². The van der Waals surface area contributed by atoms with Gasteiger partial charge in [-0.05, 0) is 14.0 Å². The number of nitrogens with zero attached hydrogens (tertiary/aromatic N) is 1. The quantitative estimate of drug-likeness (QED) is 0.636. The van der Waals surface area contributed by atoms with Crippen LogP contribution in [-0.4, -0.2) is 63.5 Å². The fourth-order valence-electron chi connectivity index (χ4n) is 1.47. The van der Waals surface area contributed by atoms with E-state index in [1.54, 1.807) is 7.11 Å². The maximum atomic E-state index is 11.7. The Balaban J connectivity index is 2.23. The van der Waals surface area contributed by atoms with Crippen molar-refractivity contribution in [3.8, 4) is 0 Å². The third-order valence-corrected chi connectivity index (χ3v) is 2.84. The van der Waals surface area contributed by atoms with Crippen molar-refractivity contribution >= 4 is 5.97 Å². The van der Waals surface area contributed by atoms with Crippen LogP contribution in [0.3, 0.4) is 0 Å². The summed E-state index contributed by atoms with van der Waals surface area (Å²) in [7, 11) is 3.56. The molecule has 1 rings (SSSR count). The molecule has 0 aromatic rings. The predicted octanol–water partition coefficient (Wildman–Crippen LogP) is 0.285. The third-order valence-electron chi connectivity index (χ3n) is 2.84. The smallest absolute Gasteiger partial charge is 0.325 e. The lowest BCUT2D eigenvalue weighted by Gasteiger charge is -2.30. The number of morpholine rings is 1. The number of esters is 1. The SMILES string of the molecule is CO[C@@H](C)CCOC(=O)[C@@H]1COCCN1C. The molecule has 94 valence electrons. The van der Waals surface area contributed by atoms with Crippen molar-refractivity contribution in [2.24, 2.45) is 0 Å². The Hall–Kier alpha value is -0.650. The fourth-order valence-corrected chi connectivity index (χ4v) is 1.47. The van der Waals surface area contributed by atoms with E-state index in [-0.39, 0.29) is 18.1 Å². The minimum absolute atomic E-state index is 0.119. The average molecular weight is 231 g/mol. The van der Waals surface area contributed by atoms with E-state index in [0.717, 1.165) is 13.0 Å². The van der Waals surface area contributed by atoms with Gasteiger partial charge in [-0.2, -0.15) is 0 Å². The molecule has 0 unspecified atom stereocenters. The highest BCUT2D eigenvalue weighted by Gasteiger charge is 2.27. The molecule has 0 aromatic carbocycles. The number of likely N-dealkylation sites (N-methyl/N-ethyl adjacent to an activating group) is 1. The van der Waals surface area contributed by atoms with Crippen molar-refractivity contribution in [1.29, 1.82) is 0 Å². The molecule has 5 nitrogen and oxygen atoms in total. The maximum Gasteiger partial charge on any atom is 0.325 e. The number of carbonyl (C=O) groups excluding carboxylic acids is 1. The summed E-state index contributed by atoms with van der Waals surface area (Å²) < 4.78 is 15.5. The molecule has 1 heterocycles. The second-order valence-electron chi connectivity index (χ2n) is 4.07. The molecule has 0 aliphatic carbocycles. The third kappa shape index (κ3) is 4.08. The first-order chi connectivity index (χ1) is 7.65. The Morgan fingerprint density at radius 1 is 1.62 bits per heavy atom. The monoisotopic (exact) mass is 231 g/mol. The van der Waals surface area contributed by atoms with Crippen LogP contribution in [0, 0.1) is 0 Å². The summed E-state index contributed by atoms with van der Waals surface area (Å²) in [5.74, 6) is -0.203. The molecule has 1 fully saturated rings. The van der Waals surface area contributed by atoms with Crippen LogP contribution in [0.15, 0.2) is 0 Å². The van der Waals surface area contributed by atoms with Crippen LogP contribution >= 0.6 is 0 Å². The molecule has 0 spiro atoms. The van der Waals surface area contributed by atoms with E-state index >= 15 is 0 Å². The molecule has 0 saturated carbocycles. The summed E-state index contributed by atoms with van der Waals surface area (Å²) in [6, 6.07) is -0.258. The zero-order valence-electron chi connectivity index (χ0n) is 10.3. The summed E-state index contributed by atoms with van der Waals surface area (Å²) in [4.78, 5) is 13.7. The van der Waals surface area contributed by atoms with Crippen molar-refractivity contribution in [2.75, 3.05) is 40.5 Å². The highest BCUT2D eigenvalue weighted by atomic mass is 16.5. The van der Waals surface area contributed by atoms with Crippen molar-refractivity contribution in [2.45, 2.75) is 25.5 Å². The fraction of sp³-hybridized carbons (Fsp3) is 0.909. The molecule has 16 heavy (non-hydrogen) atoms. The Kier molecular flexibility index (Phi) is 5.73. The van der Waals surface area contributed by atoms with Gasteiger partial charge in [0, 0.05) is 20.1 Å². The normalized spacial score (nSPS) is 24.1. The molecule has 1 aliphatic rings. The summed E-state index contributed by atoms with van der Waals surface area (Å²) >= 11 is 0. The Bertz CT molecular complexity index is 222. The van der Waals surface area contributed by atoms with Gasteiger partial charge in [0.1, 0.15) is 6.04 Å². The van der Waals surface area contributed by atoms with Gasteiger partial charge in [0.2, 0.25) is 0 Å². The number of methoxy groups -OCH3 is 1. The van der Waals surface area contributed by atoms with Crippen LogP contribution in [0.1, 0.15) is 13.3 Å². The molecule has 0 aromatic heterocycles. The molecule has 2 atom stereocenters. The van der Waals surface area contributed by atoms with E-state index in [9.17, 15) is 4.79 Å². The lowest BCUT2D eigenvalue weighted by Crippen LogP contribution is -2.48. The van der Waals surface area contributed by atoms with Crippen molar-refractivity contribution in [1.82, 2.24) is 4.90 Å². The van der Waals surface area contributed by atoms with Gasteiger partial charge in [0.15, 0.2) is 0 Å². The summed E-state index contributed by atoms with van der Waals surface area (Å²) in [6.45, 7) is 4.23. The molecule has 1 aliphatic heterocycles. The van der Waals surface area contributed by atoms with Gasteiger partial charge < -0.3 is 14.2 Å². The van der Waals surface area contributed by atoms with Crippen LogP contribution in [-0.2, 0) is 19.0 Å². The summed E-state index contributed by atoms with van der Waals surface area (Å²) in [5, 5.41) is 0. The lowest BCUT2D eigenvalue weighted by molar-refractivity contribution is -0.155. The molecular weight excluding hydrogens is 210 g/mol. The highest BCUT2D eigenvalue weighted by Crippen LogP contribution is 2.06.